The molecular weight excluding hydrogens is 259 g/mol. The highest BCUT2D eigenvalue weighted by molar-refractivity contribution is 6.30. The highest BCUT2D eigenvalue weighted by Crippen LogP contribution is 2.11. The molecule has 0 saturated heterocycles. The highest BCUT2D eigenvalue weighted by Gasteiger charge is 2.11. The van der Waals surface area contributed by atoms with Crippen molar-refractivity contribution >= 4 is 23.2 Å². The molecule has 0 bridgehead atoms. The van der Waals surface area contributed by atoms with Crippen LogP contribution in [0, 0.1) is 5.82 Å². The average Bonchev–Trinajstić information content (AvgIpc) is 2.35. The molecule has 2 N–H and O–H groups in total. The third kappa shape index (κ3) is 2.75. The fraction of sp³-hybridized carbons (Fsp3) is 0. The summed E-state index contributed by atoms with van der Waals surface area (Å²) in [4.78, 5) is 25.5. The lowest BCUT2D eigenvalue weighted by molar-refractivity contribution is 0.102. The zero-order valence-corrected chi connectivity index (χ0v) is 9.79. The van der Waals surface area contributed by atoms with E-state index in [0.717, 1.165) is 0 Å². The van der Waals surface area contributed by atoms with E-state index in [1.165, 1.54) is 36.5 Å². The van der Waals surface area contributed by atoms with E-state index in [-0.39, 0.29) is 10.6 Å². The molecule has 1 amide bonds. The molecule has 1 aromatic heterocycles. The number of aromatic amines is 1. The van der Waals surface area contributed by atoms with Gasteiger partial charge in [0.15, 0.2) is 0 Å². The van der Waals surface area contributed by atoms with Gasteiger partial charge in [-0.3, -0.25) is 9.59 Å². The van der Waals surface area contributed by atoms with Crippen LogP contribution in [-0.2, 0) is 0 Å². The van der Waals surface area contributed by atoms with E-state index in [2.05, 4.69) is 10.3 Å². The normalized spacial score (nSPS) is 10.1. The van der Waals surface area contributed by atoms with Gasteiger partial charge in [0, 0.05) is 11.9 Å². The van der Waals surface area contributed by atoms with Crippen molar-refractivity contribution in [1.82, 2.24) is 4.98 Å². The van der Waals surface area contributed by atoms with Crippen LogP contribution in [0.4, 0.5) is 10.1 Å². The predicted octanol–water partition coefficient (Wildman–Crippen LogP) is 2.42. The van der Waals surface area contributed by atoms with Crippen molar-refractivity contribution in [3.63, 3.8) is 0 Å². The van der Waals surface area contributed by atoms with Gasteiger partial charge in [-0.05, 0) is 30.3 Å². The lowest BCUT2D eigenvalue weighted by Gasteiger charge is -2.04. The van der Waals surface area contributed by atoms with E-state index in [4.69, 9.17) is 11.6 Å². The van der Waals surface area contributed by atoms with Crippen LogP contribution in [0.25, 0.3) is 0 Å². The van der Waals surface area contributed by atoms with Crippen LogP contribution in [0.5, 0.6) is 0 Å². The molecule has 0 saturated carbocycles. The number of benzene rings is 1. The molecule has 0 spiro atoms. The summed E-state index contributed by atoms with van der Waals surface area (Å²) in [5, 5.41) is 2.72. The second-order valence-electron chi connectivity index (χ2n) is 3.52. The van der Waals surface area contributed by atoms with E-state index in [1.807, 2.05) is 0 Å². The van der Waals surface area contributed by atoms with E-state index in [1.54, 1.807) is 0 Å². The van der Waals surface area contributed by atoms with Gasteiger partial charge in [-0.2, -0.15) is 0 Å². The minimum absolute atomic E-state index is 0.105. The zero-order chi connectivity index (χ0) is 13.1. The van der Waals surface area contributed by atoms with Crippen molar-refractivity contribution in [3.05, 3.63) is 63.3 Å². The Balaban J connectivity index is 2.24. The minimum atomic E-state index is -0.606. The topological polar surface area (TPSA) is 62.0 Å². The molecule has 0 fully saturated rings. The summed E-state index contributed by atoms with van der Waals surface area (Å²) < 4.78 is 12.7. The fourth-order valence-corrected chi connectivity index (χ4v) is 1.52. The maximum Gasteiger partial charge on any atom is 0.261 e. The molecule has 0 radical (unpaired) electrons. The van der Waals surface area contributed by atoms with Gasteiger partial charge in [0.25, 0.3) is 11.5 Å². The summed E-state index contributed by atoms with van der Waals surface area (Å²) >= 11 is 5.68. The summed E-state index contributed by atoms with van der Waals surface area (Å²) in [6, 6.07) is 6.47. The van der Waals surface area contributed by atoms with Crippen molar-refractivity contribution in [2.75, 3.05) is 5.32 Å². The second kappa shape index (κ2) is 5.01. The lowest BCUT2D eigenvalue weighted by Crippen LogP contribution is -2.22. The first-order chi connectivity index (χ1) is 8.56. The van der Waals surface area contributed by atoms with Crippen LogP contribution >= 0.6 is 11.6 Å². The highest BCUT2D eigenvalue weighted by atomic mass is 35.5. The number of halogens is 2. The van der Waals surface area contributed by atoms with Crippen molar-refractivity contribution in [2.24, 2.45) is 0 Å². The Morgan fingerprint density at radius 2 is 1.94 bits per heavy atom. The number of rotatable bonds is 2. The molecule has 0 unspecified atom stereocenters. The maximum atomic E-state index is 12.7. The van der Waals surface area contributed by atoms with Crippen molar-refractivity contribution in [2.45, 2.75) is 0 Å². The summed E-state index contributed by atoms with van der Waals surface area (Å²) in [6.07, 6.45) is 1.29. The minimum Gasteiger partial charge on any atom is -0.327 e. The van der Waals surface area contributed by atoms with E-state index < -0.39 is 17.3 Å². The van der Waals surface area contributed by atoms with Gasteiger partial charge in [-0.25, -0.2) is 4.39 Å². The van der Waals surface area contributed by atoms with Crippen molar-refractivity contribution < 1.29 is 9.18 Å². The molecule has 0 aliphatic carbocycles. The van der Waals surface area contributed by atoms with Crippen LogP contribution in [-0.4, -0.2) is 10.9 Å². The number of pyridine rings is 1. The Labute approximate surface area is 106 Å². The van der Waals surface area contributed by atoms with Gasteiger partial charge in [-0.1, -0.05) is 11.6 Å². The number of carbonyl (C=O) groups excluding carboxylic acids is 1. The number of amides is 1. The number of H-pyrrole nitrogens is 1. The largest absolute Gasteiger partial charge is 0.327 e. The second-order valence-corrected chi connectivity index (χ2v) is 3.96. The number of hydrogen-bond acceptors (Lipinski definition) is 2. The first-order valence-corrected chi connectivity index (χ1v) is 5.39. The summed E-state index contributed by atoms with van der Waals surface area (Å²) in [5.41, 5.74) is -0.258. The Bertz CT molecular complexity index is 637. The molecule has 2 aromatic rings. The number of nitrogens with one attached hydrogen (secondary N) is 2. The molecule has 0 aliphatic rings. The number of anilines is 1. The molecule has 92 valence electrons. The molecule has 6 heteroatoms. The third-order valence-electron chi connectivity index (χ3n) is 2.21. The van der Waals surface area contributed by atoms with Crippen LogP contribution in [0.3, 0.4) is 0 Å². The molecule has 0 aliphatic heterocycles. The molecule has 18 heavy (non-hydrogen) atoms. The van der Waals surface area contributed by atoms with Crippen LogP contribution in [0.2, 0.25) is 5.02 Å². The third-order valence-corrected chi connectivity index (χ3v) is 2.43. The molecule has 2 rings (SSSR count). The Kier molecular flexibility index (Phi) is 3.43. The molecule has 0 atom stereocenters. The molecule has 1 aromatic carbocycles. The Morgan fingerprint density at radius 1 is 1.28 bits per heavy atom. The van der Waals surface area contributed by atoms with Crippen molar-refractivity contribution in [1.29, 1.82) is 0 Å². The first-order valence-electron chi connectivity index (χ1n) is 5.01. The van der Waals surface area contributed by atoms with Gasteiger partial charge in [-0.15, -0.1) is 0 Å². The zero-order valence-electron chi connectivity index (χ0n) is 9.04. The number of aromatic nitrogens is 1. The quantitative estimate of drug-likeness (QED) is 0.877. The van der Waals surface area contributed by atoms with Crippen molar-refractivity contribution in [3.8, 4) is 0 Å². The molecule has 1 heterocycles. The molecular formula is C12H8ClFN2O2. The SMILES string of the molecule is O=C(Nc1ccc(F)cc1)c1cc(Cl)c[nH]c1=O. The van der Waals surface area contributed by atoms with E-state index >= 15 is 0 Å². The average molecular weight is 267 g/mol. The standard InChI is InChI=1S/C12H8ClFN2O2/c13-7-5-10(11(17)15-6-7)12(18)16-9-3-1-8(14)2-4-9/h1-6H,(H,15,17)(H,16,18). The van der Waals surface area contributed by atoms with E-state index in [0.29, 0.717) is 5.69 Å². The van der Waals surface area contributed by atoms with Gasteiger partial charge in [0.1, 0.15) is 11.4 Å². The smallest absolute Gasteiger partial charge is 0.261 e. The maximum absolute atomic E-state index is 12.7. The fourth-order valence-electron chi connectivity index (χ4n) is 1.36. The van der Waals surface area contributed by atoms with Gasteiger partial charge < -0.3 is 10.3 Å². The summed E-state index contributed by atoms with van der Waals surface area (Å²) in [5.74, 6) is -1.01. The van der Waals surface area contributed by atoms with E-state index in [9.17, 15) is 14.0 Å². The van der Waals surface area contributed by atoms with Gasteiger partial charge in [0.05, 0.1) is 5.02 Å². The summed E-state index contributed by atoms with van der Waals surface area (Å²) in [6.45, 7) is 0. The van der Waals surface area contributed by atoms with Gasteiger partial charge in [0.2, 0.25) is 0 Å². The summed E-state index contributed by atoms with van der Waals surface area (Å²) in [7, 11) is 0. The van der Waals surface area contributed by atoms with Crippen LogP contribution in [0.1, 0.15) is 10.4 Å². The van der Waals surface area contributed by atoms with Crippen LogP contribution in [0.15, 0.2) is 41.3 Å². The monoisotopic (exact) mass is 266 g/mol. The van der Waals surface area contributed by atoms with Gasteiger partial charge >= 0.3 is 0 Å². The Hall–Kier alpha value is -2.14. The predicted molar refractivity (Wildman–Crippen MR) is 66.4 cm³/mol. The molecule has 4 nitrogen and oxygen atoms in total. The van der Waals surface area contributed by atoms with Crippen LogP contribution < -0.4 is 10.9 Å². The number of hydrogen-bond donors (Lipinski definition) is 2. The first kappa shape index (κ1) is 12.3. The Morgan fingerprint density at radius 3 is 2.61 bits per heavy atom. The number of carbonyl (C=O) groups is 1. The lowest BCUT2D eigenvalue weighted by atomic mass is 10.2.